The molecule has 1 aromatic heterocycles. The van der Waals surface area contributed by atoms with Crippen molar-refractivity contribution < 1.29 is 4.79 Å². The Morgan fingerprint density at radius 1 is 1.17 bits per heavy atom. The maximum atomic E-state index is 13.1. The lowest BCUT2D eigenvalue weighted by Gasteiger charge is -2.22. The fourth-order valence-corrected chi connectivity index (χ4v) is 5.44. The highest BCUT2D eigenvalue weighted by atomic mass is 32.2. The molecule has 3 aromatic rings. The van der Waals surface area contributed by atoms with Gasteiger partial charge in [0.2, 0.25) is 5.91 Å². The largest absolute Gasteiger partial charge is 0.311 e. The Bertz CT molecular complexity index is 1030. The van der Waals surface area contributed by atoms with Gasteiger partial charge < -0.3 is 4.90 Å². The monoisotopic (exact) mass is 424 g/mol. The number of aromatic nitrogens is 3. The molecular weight excluding hydrogens is 400 g/mol. The number of hydrogen-bond acceptors (Lipinski definition) is 5. The molecule has 150 valence electrons. The van der Waals surface area contributed by atoms with Gasteiger partial charge in [-0.05, 0) is 50.1 Å². The molecule has 0 aliphatic carbocycles. The van der Waals surface area contributed by atoms with Crippen LogP contribution in [0.15, 0.2) is 58.6 Å². The molecule has 2 aromatic carbocycles. The van der Waals surface area contributed by atoms with Gasteiger partial charge in [-0.15, -0.1) is 22.0 Å². The van der Waals surface area contributed by atoms with Crippen molar-refractivity contribution >= 4 is 35.1 Å². The predicted octanol–water partition coefficient (Wildman–Crippen LogP) is 4.89. The van der Waals surface area contributed by atoms with Crippen LogP contribution >= 0.6 is 23.5 Å². The summed E-state index contributed by atoms with van der Waals surface area (Å²) in [4.78, 5) is 16.2. The lowest BCUT2D eigenvalue weighted by atomic mass is 10.2. The summed E-state index contributed by atoms with van der Waals surface area (Å²) >= 11 is 3.29. The SMILES string of the molecule is Cc1cccc(-n2c(C)nnc2SCC(=O)N2CCC(C)Sc3ccccc32)c1. The van der Waals surface area contributed by atoms with Crippen molar-refractivity contribution in [1.82, 2.24) is 14.8 Å². The third kappa shape index (κ3) is 4.36. The number of carbonyl (C=O) groups is 1. The van der Waals surface area contributed by atoms with E-state index in [0.29, 0.717) is 11.0 Å². The fourth-order valence-electron chi connectivity index (χ4n) is 3.45. The predicted molar refractivity (Wildman–Crippen MR) is 120 cm³/mol. The third-order valence-corrected chi connectivity index (χ3v) is 7.08. The summed E-state index contributed by atoms with van der Waals surface area (Å²) in [6.07, 6.45) is 0.980. The van der Waals surface area contributed by atoms with E-state index >= 15 is 0 Å². The Labute approximate surface area is 179 Å². The minimum Gasteiger partial charge on any atom is -0.311 e. The van der Waals surface area contributed by atoms with Gasteiger partial charge in [0.05, 0.1) is 11.4 Å². The molecule has 0 fully saturated rings. The fraction of sp³-hybridized carbons (Fsp3) is 0.318. The molecule has 5 nitrogen and oxygen atoms in total. The van der Waals surface area contributed by atoms with Crippen LogP contribution in [-0.4, -0.2) is 38.2 Å². The van der Waals surface area contributed by atoms with Crippen molar-refractivity contribution in [3.63, 3.8) is 0 Å². The molecule has 1 unspecified atom stereocenters. The molecule has 0 spiro atoms. The molecule has 7 heteroatoms. The number of benzene rings is 2. The number of hydrogen-bond donors (Lipinski definition) is 0. The van der Waals surface area contributed by atoms with Crippen molar-refractivity contribution in [3.05, 3.63) is 59.9 Å². The second-order valence-corrected chi connectivity index (χ2v) is 9.65. The van der Waals surface area contributed by atoms with E-state index in [1.807, 2.05) is 58.5 Å². The van der Waals surface area contributed by atoms with Crippen molar-refractivity contribution in [2.24, 2.45) is 0 Å². The van der Waals surface area contributed by atoms with Crippen LogP contribution in [0.25, 0.3) is 5.69 Å². The molecule has 0 N–H and O–H groups in total. The summed E-state index contributed by atoms with van der Waals surface area (Å²) in [6, 6.07) is 16.4. The number of nitrogens with zero attached hydrogens (tertiary/aromatic N) is 4. The molecule has 29 heavy (non-hydrogen) atoms. The van der Waals surface area contributed by atoms with Crippen LogP contribution < -0.4 is 4.90 Å². The molecule has 0 saturated carbocycles. The molecule has 0 saturated heterocycles. The molecule has 4 rings (SSSR count). The van der Waals surface area contributed by atoms with Gasteiger partial charge in [-0.25, -0.2) is 0 Å². The van der Waals surface area contributed by atoms with E-state index in [4.69, 9.17) is 0 Å². The van der Waals surface area contributed by atoms with Crippen LogP contribution in [0.2, 0.25) is 0 Å². The Hall–Kier alpha value is -2.25. The summed E-state index contributed by atoms with van der Waals surface area (Å²) in [5.41, 5.74) is 3.21. The Morgan fingerprint density at radius 2 is 2.00 bits per heavy atom. The Balaban J connectivity index is 1.54. The number of aryl methyl sites for hydroxylation is 2. The van der Waals surface area contributed by atoms with E-state index in [-0.39, 0.29) is 5.91 Å². The van der Waals surface area contributed by atoms with Crippen LogP contribution in [-0.2, 0) is 4.79 Å². The highest BCUT2D eigenvalue weighted by Gasteiger charge is 2.24. The van der Waals surface area contributed by atoms with Crippen molar-refractivity contribution in [2.45, 2.75) is 42.5 Å². The molecule has 1 aliphatic rings. The average Bonchev–Trinajstić information content (AvgIpc) is 2.98. The first-order valence-electron chi connectivity index (χ1n) is 9.71. The number of para-hydroxylation sites is 1. The van der Waals surface area contributed by atoms with Gasteiger partial charge in [-0.1, -0.05) is 43.0 Å². The second kappa shape index (κ2) is 8.63. The molecule has 0 bridgehead atoms. The molecule has 1 amide bonds. The summed E-state index contributed by atoms with van der Waals surface area (Å²) in [6.45, 7) is 6.96. The lowest BCUT2D eigenvalue weighted by Crippen LogP contribution is -2.33. The van der Waals surface area contributed by atoms with E-state index in [2.05, 4.69) is 42.2 Å². The van der Waals surface area contributed by atoms with Gasteiger partial charge in [-0.2, -0.15) is 0 Å². The van der Waals surface area contributed by atoms with Crippen molar-refractivity contribution in [1.29, 1.82) is 0 Å². The molecule has 2 heterocycles. The Kier molecular flexibility index (Phi) is 5.96. The van der Waals surface area contributed by atoms with E-state index < -0.39 is 0 Å². The van der Waals surface area contributed by atoms with E-state index in [1.54, 1.807) is 0 Å². The Morgan fingerprint density at radius 3 is 2.83 bits per heavy atom. The zero-order chi connectivity index (χ0) is 20.4. The highest BCUT2D eigenvalue weighted by Crippen LogP contribution is 2.37. The highest BCUT2D eigenvalue weighted by molar-refractivity contribution is 8.00. The number of fused-ring (bicyclic) bond motifs is 1. The zero-order valence-electron chi connectivity index (χ0n) is 16.8. The summed E-state index contributed by atoms with van der Waals surface area (Å²) < 4.78 is 2.01. The first kappa shape index (κ1) is 20.0. The molecule has 1 aliphatic heterocycles. The third-order valence-electron chi connectivity index (χ3n) is 4.92. The van der Waals surface area contributed by atoms with Crippen LogP contribution in [0.1, 0.15) is 24.7 Å². The number of thioether (sulfide) groups is 2. The van der Waals surface area contributed by atoms with E-state index in [0.717, 1.165) is 35.3 Å². The number of carbonyl (C=O) groups excluding carboxylic acids is 1. The van der Waals surface area contributed by atoms with E-state index in [9.17, 15) is 4.79 Å². The smallest absolute Gasteiger partial charge is 0.237 e. The number of amides is 1. The first-order valence-corrected chi connectivity index (χ1v) is 11.6. The lowest BCUT2D eigenvalue weighted by molar-refractivity contribution is -0.116. The van der Waals surface area contributed by atoms with Crippen LogP contribution in [0.4, 0.5) is 5.69 Å². The number of anilines is 1. The van der Waals surface area contributed by atoms with Gasteiger partial charge in [-0.3, -0.25) is 9.36 Å². The standard InChI is InChI=1S/C22H24N4OS2/c1-15-7-6-8-18(13-15)26-17(3)23-24-22(26)28-14-21(27)25-12-11-16(2)29-20-10-5-4-9-19(20)25/h4-10,13,16H,11-12,14H2,1-3H3. The van der Waals surface area contributed by atoms with Gasteiger partial charge in [0.1, 0.15) is 5.82 Å². The summed E-state index contributed by atoms with van der Waals surface area (Å²) in [5.74, 6) is 1.25. The van der Waals surface area contributed by atoms with Gasteiger partial charge >= 0.3 is 0 Å². The first-order chi connectivity index (χ1) is 14.0. The van der Waals surface area contributed by atoms with E-state index in [1.165, 1.54) is 22.2 Å². The van der Waals surface area contributed by atoms with Crippen LogP contribution in [0, 0.1) is 13.8 Å². The minimum atomic E-state index is 0.105. The molecule has 0 radical (unpaired) electrons. The molecular formula is C22H24N4OS2. The molecule has 1 atom stereocenters. The van der Waals surface area contributed by atoms with Crippen LogP contribution in [0.3, 0.4) is 0 Å². The summed E-state index contributed by atoms with van der Waals surface area (Å²) in [5, 5.41) is 9.79. The van der Waals surface area contributed by atoms with Crippen LogP contribution in [0.5, 0.6) is 0 Å². The average molecular weight is 425 g/mol. The maximum Gasteiger partial charge on any atom is 0.237 e. The zero-order valence-corrected chi connectivity index (χ0v) is 18.5. The van der Waals surface area contributed by atoms with Gasteiger partial charge in [0.15, 0.2) is 5.16 Å². The quantitative estimate of drug-likeness (QED) is 0.558. The van der Waals surface area contributed by atoms with Gasteiger partial charge in [0.25, 0.3) is 0 Å². The van der Waals surface area contributed by atoms with Crippen molar-refractivity contribution in [2.75, 3.05) is 17.2 Å². The minimum absolute atomic E-state index is 0.105. The van der Waals surface area contributed by atoms with Gasteiger partial charge in [0, 0.05) is 22.4 Å². The number of rotatable bonds is 4. The topological polar surface area (TPSA) is 51.0 Å². The normalized spacial score (nSPS) is 16.4. The van der Waals surface area contributed by atoms with Crippen molar-refractivity contribution in [3.8, 4) is 5.69 Å². The second-order valence-electron chi connectivity index (χ2n) is 7.22. The summed E-state index contributed by atoms with van der Waals surface area (Å²) in [7, 11) is 0. The maximum absolute atomic E-state index is 13.1.